The van der Waals surface area contributed by atoms with Crippen LogP contribution in [-0.2, 0) is 6.54 Å². The van der Waals surface area contributed by atoms with Crippen molar-refractivity contribution >= 4 is 39.0 Å². The van der Waals surface area contributed by atoms with E-state index in [0.29, 0.717) is 17.1 Å². The number of amides is 1. The molecule has 2 rings (SSSR count). The van der Waals surface area contributed by atoms with Crippen LogP contribution in [-0.4, -0.2) is 10.9 Å². The third-order valence-corrected chi connectivity index (χ3v) is 3.85. The third kappa shape index (κ3) is 4.12. The van der Waals surface area contributed by atoms with E-state index in [9.17, 15) is 4.79 Å². The molecule has 5 heteroatoms. The average molecular weight is 363 g/mol. The van der Waals surface area contributed by atoms with Crippen LogP contribution in [0.2, 0.25) is 0 Å². The quantitative estimate of drug-likeness (QED) is 0.820. The molecule has 108 valence electrons. The molecule has 0 aliphatic rings. The number of aryl methyl sites for hydroxylation is 1. The van der Waals surface area contributed by atoms with Gasteiger partial charge in [0, 0.05) is 22.1 Å². The van der Waals surface area contributed by atoms with Crippen LogP contribution < -0.4 is 11.1 Å². The maximum Gasteiger partial charge on any atom is 0.251 e. The largest absolute Gasteiger partial charge is 0.389 e. The summed E-state index contributed by atoms with van der Waals surface area (Å²) in [5.41, 5.74) is 8.98. The van der Waals surface area contributed by atoms with Crippen molar-refractivity contribution in [3.8, 4) is 0 Å². The van der Waals surface area contributed by atoms with Crippen LogP contribution >= 0.6 is 28.1 Å². The molecule has 0 saturated heterocycles. The normalized spacial score (nSPS) is 10.2. The number of carbonyl (C=O) groups is 1. The number of nitrogens with one attached hydrogen (secondary N) is 1. The Bertz CT molecular complexity index is 683. The second kappa shape index (κ2) is 6.83. The molecule has 0 atom stereocenters. The molecular weight excluding hydrogens is 348 g/mol. The van der Waals surface area contributed by atoms with Crippen LogP contribution in [0.3, 0.4) is 0 Å². The number of halogens is 1. The highest BCUT2D eigenvalue weighted by Gasteiger charge is 2.08. The van der Waals surface area contributed by atoms with E-state index < -0.39 is 0 Å². The number of thiocarbonyl (C=S) groups is 1. The summed E-state index contributed by atoms with van der Waals surface area (Å²) < 4.78 is 0.963. The van der Waals surface area contributed by atoms with Gasteiger partial charge < -0.3 is 11.1 Å². The van der Waals surface area contributed by atoms with Gasteiger partial charge in [0.05, 0.1) is 0 Å². The van der Waals surface area contributed by atoms with E-state index in [1.807, 2.05) is 49.4 Å². The molecule has 1 amide bonds. The van der Waals surface area contributed by atoms with Gasteiger partial charge in [-0.2, -0.15) is 0 Å². The predicted octanol–water partition coefficient (Wildman–Crippen LogP) is 3.32. The van der Waals surface area contributed by atoms with Gasteiger partial charge in [-0.1, -0.05) is 52.4 Å². The highest BCUT2D eigenvalue weighted by Crippen LogP contribution is 2.16. The number of hydrogen-bond donors (Lipinski definition) is 2. The molecule has 0 bridgehead atoms. The molecule has 21 heavy (non-hydrogen) atoms. The van der Waals surface area contributed by atoms with Crippen molar-refractivity contribution in [2.24, 2.45) is 5.73 Å². The summed E-state index contributed by atoms with van der Waals surface area (Å²) in [5, 5.41) is 2.91. The van der Waals surface area contributed by atoms with Gasteiger partial charge in [-0.05, 0) is 36.2 Å². The Balaban J connectivity index is 2.02. The zero-order valence-corrected chi connectivity index (χ0v) is 13.9. The molecule has 3 nitrogen and oxygen atoms in total. The molecule has 2 aromatic rings. The Morgan fingerprint density at radius 1 is 1.24 bits per heavy atom. The topological polar surface area (TPSA) is 55.1 Å². The molecular formula is C16H15BrN2OS. The summed E-state index contributed by atoms with van der Waals surface area (Å²) in [6.07, 6.45) is 0. The fraction of sp³-hybridized carbons (Fsp3) is 0.125. The van der Waals surface area contributed by atoms with Gasteiger partial charge in [0.25, 0.3) is 5.91 Å². The molecule has 0 aliphatic heterocycles. The van der Waals surface area contributed by atoms with Crippen LogP contribution in [0.15, 0.2) is 46.9 Å². The van der Waals surface area contributed by atoms with Crippen molar-refractivity contribution in [3.63, 3.8) is 0 Å². The van der Waals surface area contributed by atoms with E-state index in [2.05, 4.69) is 21.2 Å². The standard InChI is InChI=1S/C16H15BrN2OS/c1-10-8-13(17)6-7-14(10)16(20)19-9-11-2-4-12(5-3-11)15(18)21/h2-8H,9H2,1H3,(H2,18,21)(H,19,20). The second-order valence-corrected chi connectivity index (χ2v) is 6.06. The molecule has 0 radical (unpaired) electrons. The molecule has 3 N–H and O–H groups in total. The van der Waals surface area contributed by atoms with E-state index in [1.54, 1.807) is 0 Å². The summed E-state index contributed by atoms with van der Waals surface area (Å²) in [6.45, 7) is 2.38. The molecule has 0 unspecified atom stereocenters. The number of benzene rings is 2. The summed E-state index contributed by atoms with van der Waals surface area (Å²) >= 11 is 8.29. The lowest BCUT2D eigenvalue weighted by Crippen LogP contribution is -2.23. The Morgan fingerprint density at radius 2 is 1.90 bits per heavy atom. The zero-order valence-electron chi connectivity index (χ0n) is 11.5. The molecule has 2 aromatic carbocycles. The van der Waals surface area contributed by atoms with Crippen LogP contribution in [0, 0.1) is 6.92 Å². The molecule has 0 fully saturated rings. The van der Waals surface area contributed by atoms with Crippen LogP contribution in [0.5, 0.6) is 0 Å². The van der Waals surface area contributed by atoms with Gasteiger partial charge in [-0.15, -0.1) is 0 Å². The van der Waals surface area contributed by atoms with E-state index in [4.69, 9.17) is 18.0 Å². The first-order valence-electron chi connectivity index (χ1n) is 6.40. The van der Waals surface area contributed by atoms with Crippen molar-refractivity contribution in [3.05, 3.63) is 69.2 Å². The first kappa shape index (κ1) is 15.7. The van der Waals surface area contributed by atoms with Gasteiger partial charge in [0.2, 0.25) is 0 Å². The molecule has 0 spiro atoms. The summed E-state index contributed by atoms with van der Waals surface area (Å²) in [5.74, 6) is -0.0848. The highest BCUT2D eigenvalue weighted by atomic mass is 79.9. The minimum absolute atomic E-state index is 0.0848. The van der Waals surface area contributed by atoms with Gasteiger partial charge in [0.1, 0.15) is 4.99 Å². The van der Waals surface area contributed by atoms with Crippen LogP contribution in [0.25, 0.3) is 0 Å². The Labute approximate surface area is 137 Å². The Hall–Kier alpha value is -1.72. The first-order valence-corrected chi connectivity index (χ1v) is 7.60. The number of nitrogens with two attached hydrogens (primary N) is 1. The van der Waals surface area contributed by atoms with Gasteiger partial charge in [0.15, 0.2) is 0 Å². The van der Waals surface area contributed by atoms with Crippen molar-refractivity contribution in [2.75, 3.05) is 0 Å². The van der Waals surface area contributed by atoms with E-state index in [-0.39, 0.29) is 5.91 Å². The SMILES string of the molecule is Cc1cc(Br)ccc1C(=O)NCc1ccc(C(N)=S)cc1. The predicted molar refractivity (Wildman–Crippen MR) is 92.4 cm³/mol. The van der Waals surface area contributed by atoms with E-state index in [1.165, 1.54) is 0 Å². The number of carbonyl (C=O) groups excluding carboxylic acids is 1. The van der Waals surface area contributed by atoms with Crippen molar-refractivity contribution < 1.29 is 4.79 Å². The molecule has 0 aliphatic carbocycles. The number of rotatable bonds is 4. The van der Waals surface area contributed by atoms with Crippen LogP contribution in [0.4, 0.5) is 0 Å². The summed E-state index contributed by atoms with van der Waals surface area (Å²) in [4.78, 5) is 12.5. The minimum Gasteiger partial charge on any atom is -0.389 e. The Morgan fingerprint density at radius 3 is 2.48 bits per heavy atom. The van der Waals surface area contributed by atoms with E-state index in [0.717, 1.165) is 21.2 Å². The van der Waals surface area contributed by atoms with Gasteiger partial charge in [-0.25, -0.2) is 0 Å². The zero-order chi connectivity index (χ0) is 15.4. The fourth-order valence-corrected chi connectivity index (χ4v) is 2.56. The van der Waals surface area contributed by atoms with Crippen molar-refractivity contribution in [1.82, 2.24) is 5.32 Å². The molecule has 0 aromatic heterocycles. The van der Waals surface area contributed by atoms with Gasteiger partial charge in [-0.3, -0.25) is 4.79 Å². The van der Waals surface area contributed by atoms with Gasteiger partial charge >= 0.3 is 0 Å². The van der Waals surface area contributed by atoms with E-state index >= 15 is 0 Å². The number of hydrogen-bond acceptors (Lipinski definition) is 2. The maximum atomic E-state index is 12.2. The lowest BCUT2D eigenvalue weighted by Gasteiger charge is -2.08. The molecule has 0 saturated carbocycles. The summed E-state index contributed by atoms with van der Waals surface area (Å²) in [6, 6.07) is 13.1. The third-order valence-electron chi connectivity index (χ3n) is 3.12. The average Bonchev–Trinajstić information content (AvgIpc) is 2.45. The van der Waals surface area contributed by atoms with Crippen molar-refractivity contribution in [2.45, 2.75) is 13.5 Å². The smallest absolute Gasteiger partial charge is 0.251 e. The summed E-state index contributed by atoms with van der Waals surface area (Å²) in [7, 11) is 0. The second-order valence-electron chi connectivity index (χ2n) is 4.70. The monoisotopic (exact) mass is 362 g/mol. The van der Waals surface area contributed by atoms with Crippen LogP contribution in [0.1, 0.15) is 27.0 Å². The van der Waals surface area contributed by atoms with Crippen molar-refractivity contribution in [1.29, 1.82) is 0 Å². The fourth-order valence-electron chi connectivity index (χ4n) is 1.95. The minimum atomic E-state index is -0.0848. The lowest BCUT2D eigenvalue weighted by molar-refractivity contribution is 0.0950. The highest BCUT2D eigenvalue weighted by molar-refractivity contribution is 9.10. The first-order chi connectivity index (χ1) is 9.97. The Kier molecular flexibility index (Phi) is 5.09. The maximum absolute atomic E-state index is 12.2. The molecule has 0 heterocycles. The lowest BCUT2D eigenvalue weighted by atomic mass is 10.1.